The third kappa shape index (κ3) is 2.68. The van der Waals surface area contributed by atoms with E-state index in [-0.39, 0.29) is 17.9 Å². The molecule has 1 aliphatic heterocycles. The number of aliphatic hydroxyl groups excluding tert-OH is 1. The van der Waals surface area contributed by atoms with Crippen molar-refractivity contribution in [2.75, 3.05) is 13.1 Å². The van der Waals surface area contributed by atoms with E-state index in [9.17, 15) is 9.90 Å². The van der Waals surface area contributed by atoms with Gasteiger partial charge in [0.2, 0.25) is 0 Å². The molecule has 1 aromatic carbocycles. The first kappa shape index (κ1) is 13.4. The van der Waals surface area contributed by atoms with Crippen LogP contribution in [0, 0.1) is 12.8 Å². The molecule has 2 unspecified atom stereocenters. The Bertz CT molecular complexity index is 459. The summed E-state index contributed by atoms with van der Waals surface area (Å²) >= 11 is 5.94. The minimum Gasteiger partial charge on any atom is -0.393 e. The second kappa shape index (κ2) is 5.29. The molecular weight excluding hydrogens is 250 g/mol. The average Bonchev–Trinajstić information content (AvgIpc) is 2.81. The number of nitrogens with zero attached hydrogens (tertiary/aromatic N) is 1. The molecule has 0 radical (unpaired) electrons. The Morgan fingerprint density at radius 2 is 2.28 bits per heavy atom. The molecule has 98 valence electrons. The van der Waals surface area contributed by atoms with E-state index in [0.29, 0.717) is 23.7 Å². The molecule has 0 saturated carbocycles. The molecule has 0 aliphatic carbocycles. The number of likely N-dealkylation sites (tertiary alicyclic amines) is 1. The Balaban J connectivity index is 2.15. The second-order valence-electron chi connectivity index (χ2n) is 5.00. The fourth-order valence-electron chi connectivity index (χ4n) is 2.36. The number of amides is 1. The first-order chi connectivity index (χ1) is 8.49. The molecule has 4 heteroatoms. The fraction of sp³-hybridized carbons (Fsp3) is 0.500. The van der Waals surface area contributed by atoms with E-state index in [2.05, 4.69) is 0 Å². The van der Waals surface area contributed by atoms with E-state index < -0.39 is 0 Å². The summed E-state index contributed by atoms with van der Waals surface area (Å²) in [5, 5.41) is 10.1. The van der Waals surface area contributed by atoms with Crippen molar-refractivity contribution in [2.24, 2.45) is 5.92 Å². The van der Waals surface area contributed by atoms with Crippen molar-refractivity contribution in [2.45, 2.75) is 26.4 Å². The molecule has 1 heterocycles. The molecule has 0 bridgehead atoms. The van der Waals surface area contributed by atoms with Crippen LogP contribution in [0.25, 0.3) is 0 Å². The van der Waals surface area contributed by atoms with Crippen LogP contribution in [0.15, 0.2) is 18.2 Å². The monoisotopic (exact) mass is 267 g/mol. The van der Waals surface area contributed by atoms with Gasteiger partial charge in [0.25, 0.3) is 5.91 Å². The van der Waals surface area contributed by atoms with Gasteiger partial charge < -0.3 is 10.0 Å². The standard InChI is InChI=1S/C14H18ClNO2/c1-9-3-4-12(15)7-13(9)14(18)16-6-5-11(8-16)10(2)17/h3-4,7,10-11,17H,5-6,8H2,1-2H3. The molecular formula is C14H18ClNO2. The van der Waals surface area contributed by atoms with E-state index in [1.54, 1.807) is 24.0 Å². The molecule has 1 amide bonds. The lowest BCUT2D eigenvalue weighted by atomic mass is 10.0. The largest absolute Gasteiger partial charge is 0.393 e. The molecule has 18 heavy (non-hydrogen) atoms. The maximum Gasteiger partial charge on any atom is 0.254 e. The smallest absolute Gasteiger partial charge is 0.254 e. The SMILES string of the molecule is Cc1ccc(Cl)cc1C(=O)N1CCC(C(C)O)C1. The normalized spacial score (nSPS) is 21.1. The van der Waals surface area contributed by atoms with Crippen molar-refractivity contribution < 1.29 is 9.90 Å². The number of rotatable bonds is 2. The van der Waals surface area contributed by atoms with Crippen molar-refractivity contribution in [3.05, 3.63) is 34.3 Å². The zero-order chi connectivity index (χ0) is 13.3. The Kier molecular flexibility index (Phi) is 3.93. The molecule has 1 saturated heterocycles. The van der Waals surface area contributed by atoms with E-state index in [4.69, 9.17) is 11.6 Å². The molecule has 0 spiro atoms. The van der Waals surface area contributed by atoms with Crippen LogP contribution in [-0.2, 0) is 0 Å². The predicted octanol–water partition coefficient (Wildman–Crippen LogP) is 2.49. The van der Waals surface area contributed by atoms with Crippen LogP contribution in [0.4, 0.5) is 0 Å². The second-order valence-corrected chi connectivity index (χ2v) is 5.44. The van der Waals surface area contributed by atoms with Crippen LogP contribution in [0.1, 0.15) is 29.3 Å². The van der Waals surface area contributed by atoms with Gasteiger partial charge in [-0.25, -0.2) is 0 Å². The maximum atomic E-state index is 12.4. The summed E-state index contributed by atoms with van der Waals surface area (Å²) in [6, 6.07) is 5.36. The Hall–Kier alpha value is -1.06. The lowest BCUT2D eigenvalue weighted by molar-refractivity contribution is 0.0762. The highest BCUT2D eigenvalue weighted by Gasteiger charge is 2.30. The molecule has 0 aromatic heterocycles. The summed E-state index contributed by atoms with van der Waals surface area (Å²) in [7, 11) is 0. The van der Waals surface area contributed by atoms with E-state index in [1.807, 2.05) is 13.0 Å². The fourth-order valence-corrected chi connectivity index (χ4v) is 2.53. The van der Waals surface area contributed by atoms with Gasteiger partial charge in [-0.2, -0.15) is 0 Å². The van der Waals surface area contributed by atoms with Gasteiger partial charge in [0.05, 0.1) is 6.10 Å². The van der Waals surface area contributed by atoms with Gasteiger partial charge in [0, 0.05) is 29.6 Å². The Morgan fingerprint density at radius 3 is 2.89 bits per heavy atom. The van der Waals surface area contributed by atoms with Crippen molar-refractivity contribution in [1.82, 2.24) is 4.90 Å². The summed E-state index contributed by atoms with van der Waals surface area (Å²) < 4.78 is 0. The number of halogens is 1. The highest BCUT2D eigenvalue weighted by Crippen LogP contribution is 2.23. The van der Waals surface area contributed by atoms with Crippen LogP contribution < -0.4 is 0 Å². The lowest BCUT2D eigenvalue weighted by Gasteiger charge is -2.19. The van der Waals surface area contributed by atoms with Gasteiger partial charge in [0.1, 0.15) is 0 Å². The molecule has 1 N–H and O–H groups in total. The van der Waals surface area contributed by atoms with Gasteiger partial charge in [-0.3, -0.25) is 4.79 Å². The first-order valence-corrected chi connectivity index (χ1v) is 6.60. The number of aryl methyl sites for hydroxylation is 1. The summed E-state index contributed by atoms with van der Waals surface area (Å²) in [4.78, 5) is 14.2. The van der Waals surface area contributed by atoms with Crippen LogP contribution >= 0.6 is 11.6 Å². The number of hydrogen-bond donors (Lipinski definition) is 1. The predicted molar refractivity (Wildman–Crippen MR) is 71.9 cm³/mol. The van der Waals surface area contributed by atoms with Crippen LogP contribution in [0.2, 0.25) is 5.02 Å². The third-order valence-corrected chi connectivity index (χ3v) is 3.86. The first-order valence-electron chi connectivity index (χ1n) is 6.22. The topological polar surface area (TPSA) is 40.5 Å². The average molecular weight is 268 g/mol. The highest BCUT2D eigenvalue weighted by molar-refractivity contribution is 6.31. The molecule has 1 fully saturated rings. The Labute approximate surface area is 112 Å². The molecule has 3 nitrogen and oxygen atoms in total. The van der Waals surface area contributed by atoms with Crippen molar-refractivity contribution >= 4 is 17.5 Å². The zero-order valence-electron chi connectivity index (χ0n) is 10.7. The summed E-state index contributed by atoms with van der Waals surface area (Å²) in [5.74, 6) is 0.201. The van der Waals surface area contributed by atoms with Crippen molar-refractivity contribution in [3.63, 3.8) is 0 Å². The zero-order valence-corrected chi connectivity index (χ0v) is 11.4. The Morgan fingerprint density at radius 1 is 1.56 bits per heavy atom. The molecule has 2 rings (SSSR count). The summed E-state index contributed by atoms with van der Waals surface area (Å²) in [6.07, 6.45) is 0.506. The number of aliphatic hydroxyl groups is 1. The van der Waals surface area contributed by atoms with Crippen molar-refractivity contribution in [1.29, 1.82) is 0 Å². The van der Waals surface area contributed by atoms with Gasteiger partial charge in [-0.05, 0) is 38.0 Å². The minimum atomic E-state index is -0.358. The van der Waals surface area contributed by atoms with Crippen molar-refractivity contribution in [3.8, 4) is 0 Å². The molecule has 2 atom stereocenters. The maximum absolute atomic E-state index is 12.4. The summed E-state index contributed by atoms with van der Waals surface area (Å²) in [5.41, 5.74) is 1.60. The number of carbonyl (C=O) groups excluding carboxylic acids is 1. The van der Waals surface area contributed by atoms with Gasteiger partial charge in [0.15, 0.2) is 0 Å². The highest BCUT2D eigenvalue weighted by atomic mass is 35.5. The molecule has 1 aliphatic rings. The number of benzene rings is 1. The minimum absolute atomic E-state index is 0.0122. The van der Waals surface area contributed by atoms with Crippen LogP contribution in [-0.4, -0.2) is 35.1 Å². The van der Waals surface area contributed by atoms with Gasteiger partial charge in [-0.1, -0.05) is 17.7 Å². The lowest BCUT2D eigenvalue weighted by Crippen LogP contribution is -2.30. The van der Waals surface area contributed by atoms with Crippen LogP contribution in [0.5, 0.6) is 0 Å². The number of carbonyl (C=O) groups is 1. The number of hydrogen-bond acceptors (Lipinski definition) is 2. The molecule has 1 aromatic rings. The quantitative estimate of drug-likeness (QED) is 0.894. The van der Waals surface area contributed by atoms with Gasteiger partial charge >= 0.3 is 0 Å². The third-order valence-electron chi connectivity index (χ3n) is 3.62. The van der Waals surface area contributed by atoms with E-state index >= 15 is 0 Å². The van der Waals surface area contributed by atoms with E-state index in [1.165, 1.54) is 0 Å². The van der Waals surface area contributed by atoms with Gasteiger partial charge in [-0.15, -0.1) is 0 Å². The van der Waals surface area contributed by atoms with E-state index in [0.717, 1.165) is 12.0 Å². The van der Waals surface area contributed by atoms with Crippen LogP contribution in [0.3, 0.4) is 0 Å². The summed E-state index contributed by atoms with van der Waals surface area (Å²) in [6.45, 7) is 5.03.